The highest BCUT2D eigenvalue weighted by Gasteiger charge is 2.11. The van der Waals surface area contributed by atoms with Crippen LogP contribution in [0.3, 0.4) is 0 Å². The van der Waals surface area contributed by atoms with Crippen LogP contribution < -0.4 is 0 Å². The van der Waals surface area contributed by atoms with E-state index < -0.39 is 0 Å². The molecule has 0 unspecified atom stereocenters. The van der Waals surface area contributed by atoms with Crippen LogP contribution in [0.15, 0.2) is 22.9 Å². The molecule has 2 aromatic rings. The first-order valence-corrected chi connectivity index (χ1v) is 5.53. The van der Waals surface area contributed by atoms with Gasteiger partial charge in [-0.2, -0.15) is 0 Å². The summed E-state index contributed by atoms with van der Waals surface area (Å²) in [5.41, 5.74) is 2.40. The molecule has 2 rings (SSSR count). The van der Waals surface area contributed by atoms with E-state index in [1.54, 1.807) is 0 Å². The first-order valence-electron chi connectivity index (χ1n) is 4.73. The molecule has 2 aromatic heterocycles. The monoisotopic (exact) mass is 252 g/mol. The quantitative estimate of drug-likeness (QED) is 0.759. The van der Waals surface area contributed by atoms with Gasteiger partial charge in [0.2, 0.25) is 0 Å². The molecule has 0 saturated carbocycles. The Kier molecular flexibility index (Phi) is 2.35. The Labute approximate surface area is 92.1 Å². The van der Waals surface area contributed by atoms with Gasteiger partial charge in [0, 0.05) is 12.1 Å². The van der Waals surface area contributed by atoms with Gasteiger partial charge in [-0.05, 0) is 40.5 Å². The molecule has 2 heterocycles. The summed E-state index contributed by atoms with van der Waals surface area (Å²) in [6, 6.07) is 4.25. The summed E-state index contributed by atoms with van der Waals surface area (Å²) in [6.45, 7) is 6.40. The molecule has 0 amide bonds. The molecule has 0 aliphatic heterocycles. The van der Waals surface area contributed by atoms with Gasteiger partial charge in [-0.3, -0.25) is 0 Å². The van der Waals surface area contributed by atoms with Crippen LogP contribution in [-0.4, -0.2) is 9.38 Å². The number of hydrogen-bond acceptors (Lipinski definition) is 1. The van der Waals surface area contributed by atoms with Gasteiger partial charge < -0.3 is 4.40 Å². The maximum atomic E-state index is 4.51. The van der Waals surface area contributed by atoms with E-state index in [1.807, 2.05) is 0 Å². The number of aromatic nitrogens is 2. The van der Waals surface area contributed by atoms with E-state index >= 15 is 0 Å². The molecular weight excluding hydrogens is 240 g/mol. The molecule has 0 atom stereocenters. The molecule has 0 radical (unpaired) electrons. The summed E-state index contributed by atoms with van der Waals surface area (Å²) in [6.07, 6.45) is 2.08. The molecule has 0 N–H and O–H groups in total. The number of pyridine rings is 1. The largest absolute Gasteiger partial charge is 0.302 e. The van der Waals surface area contributed by atoms with Gasteiger partial charge in [0.1, 0.15) is 10.4 Å². The van der Waals surface area contributed by atoms with Crippen LogP contribution in [0.5, 0.6) is 0 Å². The lowest BCUT2D eigenvalue weighted by atomic mass is 10.2. The summed E-state index contributed by atoms with van der Waals surface area (Å²) in [5.74, 6) is 1.54. The van der Waals surface area contributed by atoms with Crippen LogP contribution in [0.4, 0.5) is 0 Å². The summed E-state index contributed by atoms with van der Waals surface area (Å²) in [5, 5.41) is 0. The second-order valence-electron chi connectivity index (χ2n) is 3.87. The van der Waals surface area contributed by atoms with Crippen molar-refractivity contribution in [3.63, 3.8) is 0 Å². The Morgan fingerprint density at radius 3 is 2.79 bits per heavy atom. The second-order valence-corrected chi connectivity index (χ2v) is 4.63. The van der Waals surface area contributed by atoms with E-state index in [2.05, 4.69) is 64.4 Å². The van der Waals surface area contributed by atoms with Crippen molar-refractivity contribution < 1.29 is 0 Å². The van der Waals surface area contributed by atoms with Gasteiger partial charge in [-0.15, -0.1) is 0 Å². The predicted molar refractivity (Wildman–Crippen MR) is 61.7 cm³/mol. The van der Waals surface area contributed by atoms with Crippen molar-refractivity contribution in [1.82, 2.24) is 9.38 Å². The average molecular weight is 253 g/mol. The third kappa shape index (κ3) is 1.46. The van der Waals surface area contributed by atoms with Crippen LogP contribution in [-0.2, 0) is 0 Å². The molecule has 14 heavy (non-hydrogen) atoms. The third-order valence-corrected chi connectivity index (χ3v) is 2.88. The lowest BCUT2D eigenvalue weighted by Gasteiger charge is -2.03. The lowest BCUT2D eigenvalue weighted by Crippen LogP contribution is -1.96. The minimum absolute atomic E-state index is 0.441. The molecule has 2 nitrogen and oxygen atoms in total. The second kappa shape index (κ2) is 3.39. The Hall–Kier alpha value is -0.830. The number of hydrogen-bond donors (Lipinski definition) is 0. The van der Waals surface area contributed by atoms with Gasteiger partial charge in [-0.1, -0.05) is 13.8 Å². The van der Waals surface area contributed by atoms with Crippen molar-refractivity contribution in [3.8, 4) is 0 Å². The molecule has 0 bridgehead atoms. The van der Waals surface area contributed by atoms with Gasteiger partial charge in [0.05, 0.1) is 5.52 Å². The molecule has 0 aromatic carbocycles. The maximum absolute atomic E-state index is 4.51. The fraction of sp³-hybridized carbons (Fsp3) is 0.364. The predicted octanol–water partition coefficient (Wildman–Crippen LogP) is 3.53. The van der Waals surface area contributed by atoms with E-state index in [9.17, 15) is 0 Å². The van der Waals surface area contributed by atoms with Gasteiger partial charge in [0.25, 0.3) is 0 Å². The molecule has 0 fully saturated rings. The van der Waals surface area contributed by atoms with Crippen molar-refractivity contribution in [1.29, 1.82) is 0 Å². The number of halogens is 1. The van der Waals surface area contributed by atoms with E-state index in [-0.39, 0.29) is 0 Å². The third-order valence-electron chi connectivity index (χ3n) is 2.30. The maximum Gasteiger partial charge on any atom is 0.132 e. The van der Waals surface area contributed by atoms with Crippen LogP contribution in [0, 0.1) is 6.92 Å². The minimum Gasteiger partial charge on any atom is -0.302 e. The van der Waals surface area contributed by atoms with Gasteiger partial charge >= 0.3 is 0 Å². The van der Waals surface area contributed by atoms with E-state index in [1.165, 1.54) is 5.56 Å². The molecule has 0 aliphatic rings. The number of fused-ring (bicyclic) bond motifs is 1. The van der Waals surface area contributed by atoms with Gasteiger partial charge in [0.15, 0.2) is 0 Å². The molecule has 0 aliphatic carbocycles. The van der Waals surface area contributed by atoms with Gasteiger partial charge in [-0.25, -0.2) is 4.98 Å². The van der Waals surface area contributed by atoms with Crippen molar-refractivity contribution in [2.24, 2.45) is 0 Å². The van der Waals surface area contributed by atoms with Crippen molar-refractivity contribution in [3.05, 3.63) is 34.3 Å². The first kappa shape index (κ1) is 9.71. The number of imidazole rings is 1. The summed E-state index contributed by atoms with van der Waals surface area (Å²) < 4.78 is 3.08. The highest BCUT2D eigenvalue weighted by atomic mass is 79.9. The Morgan fingerprint density at radius 1 is 1.43 bits per heavy atom. The van der Waals surface area contributed by atoms with Crippen LogP contribution in [0.25, 0.3) is 5.52 Å². The Morgan fingerprint density at radius 2 is 2.14 bits per heavy atom. The zero-order chi connectivity index (χ0) is 10.3. The van der Waals surface area contributed by atoms with Crippen molar-refractivity contribution >= 4 is 21.4 Å². The van der Waals surface area contributed by atoms with E-state index in [0.717, 1.165) is 15.9 Å². The molecule has 3 heteroatoms. The fourth-order valence-corrected chi connectivity index (χ4v) is 2.07. The number of nitrogens with zero attached hydrogens (tertiary/aromatic N) is 2. The van der Waals surface area contributed by atoms with E-state index in [4.69, 9.17) is 0 Å². The highest BCUT2D eigenvalue weighted by molar-refractivity contribution is 9.10. The zero-order valence-corrected chi connectivity index (χ0v) is 10.2. The molecular formula is C11H13BrN2. The standard InChI is InChI=1S/C11H13BrN2/c1-7(2)11-13-10(12)9-6-8(3)4-5-14(9)11/h4-7H,1-3H3. The normalized spacial score (nSPS) is 11.5. The van der Waals surface area contributed by atoms with Crippen LogP contribution in [0.1, 0.15) is 31.2 Å². The Bertz CT molecular complexity index is 471. The Balaban J connectivity index is 2.77. The van der Waals surface area contributed by atoms with Crippen molar-refractivity contribution in [2.75, 3.05) is 0 Å². The zero-order valence-electron chi connectivity index (χ0n) is 8.58. The lowest BCUT2D eigenvalue weighted by molar-refractivity contribution is 0.769. The van der Waals surface area contributed by atoms with E-state index in [0.29, 0.717) is 5.92 Å². The average Bonchev–Trinajstić information content (AvgIpc) is 2.44. The topological polar surface area (TPSA) is 17.3 Å². The summed E-state index contributed by atoms with van der Waals surface area (Å²) in [4.78, 5) is 4.51. The minimum atomic E-state index is 0.441. The fourth-order valence-electron chi connectivity index (χ4n) is 1.58. The number of aryl methyl sites for hydroxylation is 1. The van der Waals surface area contributed by atoms with Crippen LogP contribution in [0.2, 0.25) is 0 Å². The summed E-state index contributed by atoms with van der Waals surface area (Å²) >= 11 is 3.49. The number of rotatable bonds is 1. The van der Waals surface area contributed by atoms with Crippen molar-refractivity contribution in [2.45, 2.75) is 26.7 Å². The summed E-state index contributed by atoms with van der Waals surface area (Å²) in [7, 11) is 0. The smallest absolute Gasteiger partial charge is 0.132 e. The SMILES string of the molecule is Cc1ccn2c(C(C)C)nc(Br)c2c1. The highest BCUT2D eigenvalue weighted by Crippen LogP contribution is 2.23. The molecule has 74 valence electrons. The first-order chi connectivity index (χ1) is 6.59. The van der Waals surface area contributed by atoms with Crippen LogP contribution >= 0.6 is 15.9 Å². The molecule has 0 spiro atoms. The molecule has 0 saturated heterocycles.